The number of rotatable bonds is 5. The molecule has 1 amide bonds. The van der Waals surface area contributed by atoms with Gasteiger partial charge in [0.15, 0.2) is 5.96 Å². The van der Waals surface area contributed by atoms with Crippen molar-refractivity contribution in [3.63, 3.8) is 0 Å². The van der Waals surface area contributed by atoms with E-state index in [-0.39, 0.29) is 5.91 Å². The summed E-state index contributed by atoms with van der Waals surface area (Å²) in [7, 11) is 0. The average Bonchev–Trinajstić information content (AvgIpc) is 2.83. The number of guanidine groups is 1. The van der Waals surface area contributed by atoms with Crippen LogP contribution >= 0.6 is 0 Å². The van der Waals surface area contributed by atoms with Crippen LogP contribution in [0.2, 0.25) is 0 Å². The molecule has 3 heterocycles. The lowest BCUT2D eigenvalue weighted by atomic mass is 10.1. The molecule has 7 nitrogen and oxygen atoms in total. The number of piperidine rings is 1. The molecular formula is C24H32N6O. The second-order valence-corrected chi connectivity index (χ2v) is 8.00. The molecule has 1 N–H and O–H groups in total. The van der Waals surface area contributed by atoms with Gasteiger partial charge in [0.05, 0.1) is 6.54 Å². The Morgan fingerprint density at radius 3 is 2.52 bits per heavy atom. The number of carbonyl (C=O) groups is 1. The predicted octanol–water partition coefficient (Wildman–Crippen LogP) is 2.89. The lowest BCUT2D eigenvalue weighted by Crippen LogP contribution is -2.52. The molecule has 2 aliphatic rings. The summed E-state index contributed by atoms with van der Waals surface area (Å²) >= 11 is 0. The number of hydrogen-bond donors (Lipinski definition) is 1. The van der Waals surface area contributed by atoms with E-state index in [1.54, 1.807) is 0 Å². The smallest absolute Gasteiger partial charge is 0.226 e. The molecule has 1 aromatic carbocycles. The van der Waals surface area contributed by atoms with Crippen molar-refractivity contribution < 1.29 is 4.79 Å². The van der Waals surface area contributed by atoms with Crippen LogP contribution in [0.25, 0.3) is 0 Å². The summed E-state index contributed by atoms with van der Waals surface area (Å²) in [6, 6.07) is 14.3. The first-order chi connectivity index (χ1) is 15.2. The maximum atomic E-state index is 12.1. The SMILES string of the molecule is CCNC(=NCc1ccc(N2CCCCC2=O)cc1)N1CCN(c2ccccn2)CC1. The molecule has 2 saturated heterocycles. The fourth-order valence-electron chi connectivity index (χ4n) is 4.14. The number of amides is 1. The molecule has 2 aromatic rings. The number of hydrogen-bond acceptors (Lipinski definition) is 4. The molecule has 7 heteroatoms. The number of aromatic nitrogens is 1. The summed E-state index contributed by atoms with van der Waals surface area (Å²) in [6.07, 6.45) is 4.59. The van der Waals surface area contributed by atoms with Crippen LogP contribution < -0.4 is 15.1 Å². The predicted molar refractivity (Wildman–Crippen MR) is 125 cm³/mol. The van der Waals surface area contributed by atoms with Crippen molar-refractivity contribution in [2.24, 2.45) is 4.99 Å². The van der Waals surface area contributed by atoms with Crippen molar-refractivity contribution in [3.05, 3.63) is 54.2 Å². The van der Waals surface area contributed by atoms with E-state index in [1.807, 2.05) is 35.4 Å². The highest BCUT2D eigenvalue weighted by Gasteiger charge is 2.21. The first kappa shape index (κ1) is 21.2. The molecule has 0 aliphatic carbocycles. The Kier molecular flexibility index (Phi) is 7.02. The first-order valence-electron chi connectivity index (χ1n) is 11.3. The third kappa shape index (κ3) is 5.34. The molecular weight excluding hydrogens is 388 g/mol. The third-order valence-corrected chi connectivity index (χ3v) is 5.87. The number of pyridine rings is 1. The number of aliphatic imine (C=N–C) groups is 1. The molecule has 0 bridgehead atoms. The monoisotopic (exact) mass is 420 g/mol. The highest BCUT2D eigenvalue weighted by molar-refractivity contribution is 5.93. The molecule has 0 radical (unpaired) electrons. The van der Waals surface area contributed by atoms with E-state index >= 15 is 0 Å². The minimum Gasteiger partial charge on any atom is -0.357 e. The van der Waals surface area contributed by atoms with Gasteiger partial charge in [-0.3, -0.25) is 4.79 Å². The van der Waals surface area contributed by atoms with Crippen LogP contribution in [0, 0.1) is 0 Å². The lowest BCUT2D eigenvalue weighted by Gasteiger charge is -2.37. The van der Waals surface area contributed by atoms with Crippen molar-refractivity contribution in [3.8, 4) is 0 Å². The molecule has 0 saturated carbocycles. The molecule has 0 spiro atoms. The largest absolute Gasteiger partial charge is 0.357 e. The molecule has 0 unspecified atom stereocenters. The molecule has 1 aromatic heterocycles. The summed E-state index contributed by atoms with van der Waals surface area (Å²) in [6.45, 7) is 8.08. The number of nitrogens with one attached hydrogen (secondary N) is 1. The zero-order valence-corrected chi connectivity index (χ0v) is 18.3. The molecule has 31 heavy (non-hydrogen) atoms. The van der Waals surface area contributed by atoms with Gasteiger partial charge in [0.25, 0.3) is 0 Å². The fraction of sp³-hybridized carbons (Fsp3) is 0.458. The van der Waals surface area contributed by atoms with E-state index in [0.29, 0.717) is 13.0 Å². The number of piperazine rings is 1. The Hall–Kier alpha value is -3.09. The molecule has 4 rings (SSSR count). The summed E-state index contributed by atoms with van der Waals surface area (Å²) in [5.41, 5.74) is 2.14. The maximum absolute atomic E-state index is 12.1. The van der Waals surface area contributed by atoms with Crippen LogP contribution in [0.1, 0.15) is 31.7 Å². The van der Waals surface area contributed by atoms with Gasteiger partial charge in [-0.15, -0.1) is 0 Å². The van der Waals surface area contributed by atoms with Crippen LogP contribution in [0.4, 0.5) is 11.5 Å². The Bertz CT molecular complexity index is 875. The lowest BCUT2D eigenvalue weighted by molar-refractivity contribution is -0.119. The van der Waals surface area contributed by atoms with Gasteiger partial charge in [-0.05, 0) is 49.6 Å². The number of anilines is 2. The van der Waals surface area contributed by atoms with Gasteiger partial charge >= 0.3 is 0 Å². The van der Waals surface area contributed by atoms with Gasteiger partial charge < -0.3 is 20.0 Å². The van der Waals surface area contributed by atoms with E-state index in [9.17, 15) is 4.79 Å². The van der Waals surface area contributed by atoms with Gasteiger partial charge in [0.2, 0.25) is 5.91 Å². The van der Waals surface area contributed by atoms with E-state index in [2.05, 4.69) is 45.2 Å². The molecule has 2 aliphatic heterocycles. The first-order valence-corrected chi connectivity index (χ1v) is 11.3. The summed E-state index contributed by atoms with van der Waals surface area (Å²) in [5, 5.41) is 3.43. The van der Waals surface area contributed by atoms with Crippen molar-refractivity contribution in [2.45, 2.75) is 32.7 Å². The summed E-state index contributed by atoms with van der Waals surface area (Å²) in [5.74, 6) is 2.23. The molecule has 2 fully saturated rings. The van der Waals surface area contributed by atoms with E-state index in [1.165, 1.54) is 0 Å². The molecule has 0 atom stereocenters. The normalized spacial score (nSPS) is 17.8. The fourth-order valence-corrected chi connectivity index (χ4v) is 4.14. The van der Waals surface area contributed by atoms with Gasteiger partial charge in [-0.1, -0.05) is 18.2 Å². The third-order valence-electron chi connectivity index (χ3n) is 5.87. The Labute approximate surface area is 184 Å². The number of benzene rings is 1. The van der Waals surface area contributed by atoms with Crippen LogP contribution in [0.15, 0.2) is 53.7 Å². The minimum absolute atomic E-state index is 0.233. The standard InChI is InChI=1S/C24H32N6O/c1-2-25-24(29-17-15-28(16-18-29)22-7-3-5-13-26-22)27-19-20-9-11-21(12-10-20)30-14-6-4-8-23(30)31/h3,5,7,9-13H,2,4,6,8,14-19H2,1H3,(H,25,27). The zero-order valence-electron chi connectivity index (χ0n) is 18.3. The number of carbonyl (C=O) groups excluding carboxylic acids is 1. The van der Waals surface area contributed by atoms with Crippen LogP contribution in [0.5, 0.6) is 0 Å². The highest BCUT2D eigenvalue weighted by atomic mass is 16.2. The van der Waals surface area contributed by atoms with E-state index < -0.39 is 0 Å². The van der Waals surface area contributed by atoms with Gasteiger partial charge in [-0.2, -0.15) is 0 Å². The topological polar surface area (TPSA) is 64.1 Å². The Balaban J connectivity index is 1.36. The van der Waals surface area contributed by atoms with Gasteiger partial charge in [0.1, 0.15) is 5.82 Å². The molecule has 164 valence electrons. The average molecular weight is 421 g/mol. The highest BCUT2D eigenvalue weighted by Crippen LogP contribution is 2.21. The van der Waals surface area contributed by atoms with Crippen LogP contribution in [0.3, 0.4) is 0 Å². The van der Waals surface area contributed by atoms with Crippen molar-refractivity contribution >= 4 is 23.4 Å². The second-order valence-electron chi connectivity index (χ2n) is 8.00. The summed E-state index contributed by atoms with van der Waals surface area (Å²) < 4.78 is 0. The van der Waals surface area contributed by atoms with Crippen molar-refractivity contribution in [1.29, 1.82) is 0 Å². The van der Waals surface area contributed by atoms with Crippen molar-refractivity contribution in [1.82, 2.24) is 15.2 Å². The Morgan fingerprint density at radius 2 is 1.84 bits per heavy atom. The van der Waals surface area contributed by atoms with E-state index in [4.69, 9.17) is 4.99 Å². The van der Waals surface area contributed by atoms with Crippen molar-refractivity contribution in [2.75, 3.05) is 49.1 Å². The Morgan fingerprint density at radius 1 is 1.03 bits per heavy atom. The maximum Gasteiger partial charge on any atom is 0.226 e. The minimum atomic E-state index is 0.233. The van der Waals surface area contributed by atoms with Crippen LogP contribution in [-0.2, 0) is 11.3 Å². The quantitative estimate of drug-likeness (QED) is 0.595. The van der Waals surface area contributed by atoms with Gasteiger partial charge in [-0.25, -0.2) is 9.98 Å². The second kappa shape index (κ2) is 10.3. The summed E-state index contributed by atoms with van der Waals surface area (Å²) in [4.78, 5) is 28.0. The van der Waals surface area contributed by atoms with Crippen LogP contribution in [-0.4, -0.2) is 61.0 Å². The zero-order chi connectivity index (χ0) is 21.5. The number of nitrogens with zero attached hydrogens (tertiary/aromatic N) is 5. The van der Waals surface area contributed by atoms with E-state index in [0.717, 1.165) is 75.1 Å². The van der Waals surface area contributed by atoms with Gasteiger partial charge in [0, 0.05) is 57.6 Å².